The third kappa shape index (κ3) is 3.75. The maximum absolute atomic E-state index is 5.45. The van der Waals surface area contributed by atoms with Crippen LogP contribution in [0.4, 0.5) is 0 Å². The average molecular weight is 473 g/mol. The first kappa shape index (κ1) is 21.9. The molecule has 0 radical (unpaired) electrons. The zero-order valence-corrected chi connectivity index (χ0v) is 20.3. The Labute approximate surface area is 208 Å². The normalized spacial score (nSPS) is 11.4. The number of nitrogens with zero attached hydrogens (tertiary/aromatic N) is 6. The van der Waals surface area contributed by atoms with E-state index in [9.17, 15) is 0 Å². The van der Waals surface area contributed by atoms with Crippen molar-refractivity contribution < 1.29 is 4.52 Å². The van der Waals surface area contributed by atoms with Crippen LogP contribution in [0.25, 0.3) is 33.3 Å². The molecular weight excluding hydrogens is 448 g/mol. The zero-order valence-electron chi connectivity index (χ0n) is 20.3. The fraction of sp³-hybridized carbons (Fsp3) is 0.138. The first-order valence-corrected chi connectivity index (χ1v) is 11.8. The summed E-state index contributed by atoms with van der Waals surface area (Å²) >= 11 is 0. The summed E-state index contributed by atoms with van der Waals surface area (Å²) in [6, 6.07) is 17.9. The van der Waals surface area contributed by atoms with Crippen molar-refractivity contribution >= 4 is 11.0 Å². The SMILES string of the molecule is Cc1ccc(-c2cn(C(c3ccccn3)c3ccccn3)c3cc(-c4c(C)noc4C)cnc23)cn1. The topological polar surface area (TPSA) is 82.5 Å². The summed E-state index contributed by atoms with van der Waals surface area (Å²) in [6.45, 7) is 5.86. The van der Waals surface area contributed by atoms with Crippen molar-refractivity contribution in [2.24, 2.45) is 0 Å². The van der Waals surface area contributed by atoms with Gasteiger partial charge in [0, 0.05) is 58.9 Å². The molecule has 0 aliphatic heterocycles. The van der Waals surface area contributed by atoms with E-state index >= 15 is 0 Å². The molecule has 6 aromatic heterocycles. The monoisotopic (exact) mass is 472 g/mol. The molecule has 0 saturated carbocycles. The van der Waals surface area contributed by atoms with Crippen LogP contribution in [0.15, 0.2) is 90.1 Å². The average Bonchev–Trinajstić information content (AvgIpc) is 3.45. The second-order valence-electron chi connectivity index (χ2n) is 8.84. The molecule has 0 aliphatic carbocycles. The van der Waals surface area contributed by atoms with Crippen molar-refractivity contribution in [3.63, 3.8) is 0 Å². The van der Waals surface area contributed by atoms with E-state index < -0.39 is 0 Å². The van der Waals surface area contributed by atoms with Crippen molar-refractivity contribution in [3.8, 4) is 22.3 Å². The lowest BCUT2D eigenvalue weighted by atomic mass is 10.0. The minimum atomic E-state index is -0.247. The quantitative estimate of drug-likeness (QED) is 0.301. The maximum Gasteiger partial charge on any atom is 0.141 e. The number of hydrogen-bond donors (Lipinski definition) is 0. The predicted molar refractivity (Wildman–Crippen MR) is 138 cm³/mol. The van der Waals surface area contributed by atoms with Gasteiger partial charge in [0.1, 0.15) is 11.8 Å². The molecule has 0 saturated heterocycles. The van der Waals surface area contributed by atoms with Gasteiger partial charge in [0.2, 0.25) is 0 Å². The van der Waals surface area contributed by atoms with Crippen LogP contribution in [0.1, 0.15) is 34.6 Å². The minimum absolute atomic E-state index is 0.247. The van der Waals surface area contributed by atoms with E-state index in [-0.39, 0.29) is 6.04 Å². The second kappa shape index (κ2) is 8.85. The molecule has 6 heterocycles. The van der Waals surface area contributed by atoms with Gasteiger partial charge < -0.3 is 9.09 Å². The summed E-state index contributed by atoms with van der Waals surface area (Å²) in [6.07, 6.45) is 9.55. The second-order valence-corrected chi connectivity index (χ2v) is 8.84. The van der Waals surface area contributed by atoms with Crippen molar-refractivity contribution in [1.29, 1.82) is 0 Å². The van der Waals surface area contributed by atoms with Crippen LogP contribution in [0.5, 0.6) is 0 Å². The molecule has 0 spiro atoms. The lowest BCUT2D eigenvalue weighted by molar-refractivity contribution is 0.393. The van der Waals surface area contributed by atoms with Gasteiger partial charge in [-0.2, -0.15) is 0 Å². The molecule has 176 valence electrons. The fourth-order valence-electron chi connectivity index (χ4n) is 4.72. The van der Waals surface area contributed by atoms with E-state index in [2.05, 4.69) is 33.0 Å². The Bertz CT molecular complexity index is 1590. The number of rotatable bonds is 5. The molecular formula is C29H24N6O. The molecule has 0 amide bonds. The van der Waals surface area contributed by atoms with Gasteiger partial charge >= 0.3 is 0 Å². The maximum atomic E-state index is 5.45. The summed E-state index contributed by atoms with van der Waals surface area (Å²) in [7, 11) is 0. The molecule has 36 heavy (non-hydrogen) atoms. The summed E-state index contributed by atoms with van der Waals surface area (Å²) in [4.78, 5) is 18.9. The third-order valence-electron chi connectivity index (χ3n) is 6.43. The van der Waals surface area contributed by atoms with E-state index in [0.717, 1.165) is 61.8 Å². The standard InChI is InChI=1S/C29H24N6O/c1-18-10-11-21(15-32-18)23-17-35(29(24-8-4-6-12-30-24)25-9-5-7-13-31-25)26-14-22(16-33-28(23)26)27-19(2)34-36-20(27)3/h4-17,29H,1-3H3. The summed E-state index contributed by atoms with van der Waals surface area (Å²) in [5.74, 6) is 0.765. The summed E-state index contributed by atoms with van der Waals surface area (Å²) in [5, 5.41) is 4.15. The largest absolute Gasteiger partial charge is 0.361 e. The van der Waals surface area contributed by atoms with E-state index in [4.69, 9.17) is 19.5 Å². The number of pyridine rings is 4. The lowest BCUT2D eigenvalue weighted by Gasteiger charge is -2.19. The number of hydrogen-bond acceptors (Lipinski definition) is 6. The Morgan fingerprint density at radius 2 is 1.50 bits per heavy atom. The van der Waals surface area contributed by atoms with Gasteiger partial charge in [-0.3, -0.25) is 19.9 Å². The van der Waals surface area contributed by atoms with Gasteiger partial charge in [0.25, 0.3) is 0 Å². The molecule has 0 unspecified atom stereocenters. The molecule has 6 rings (SSSR count). The van der Waals surface area contributed by atoms with Crippen LogP contribution in [0, 0.1) is 20.8 Å². The van der Waals surface area contributed by atoms with Crippen LogP contribution in [0.2, 0.25) is 0 Å². The number of aromatic nitrogens is 6. The van der Waals surface area contributed by atoms with Gasteiger partial charge in [-0.25, -0.2) is 0 Å². The molecule has 0 atom stereocenters. The van der Waals surface area contributed by atoms with Gasteiger partial charge in [-0.05, 0) is 57.2 Å². The molecule has 0 aliphatic rings. The van der Waals surface area contributed by atoms with Crippen LogP contribution in [-0.2, 0) is 0 Å². The highest BCUT2D eigenvalue weighted by Crippen LogP contribution is 2.37. The van der Waals surface area contributed by atoms with Crippen molar-refractivity contribution in [2.45, 2.75) is 26.8 Å². The molecule has 0 aromatic carbocycles. The Kier molecular flexibility index (Phi) is 5.37. The van der Waals surface area contributed by atoms with Crippen LogP contribution >= 0.6 is 0 Å². The van der Waals surface area contributed by atoms with Gasteiger partial charge in [0.05, 0.1) is 28.1 Å². The first-order valence-electron chi connectivity index (χ1n) is 11.8. The molecule has 0 N–H and O–H groups in total. The first-order chi connectivity index (χ1) is 17.6. The Morgan fingerprint density at radius 3 is 2.08 bits per heavy atom. The minimum Gasteiger partial charge on any atom is -0.361 e. The van der Waals surface area contributed by atoms with Crippen molar-refractivity contribution in [1.82, 2.24) is 29.7 Å². The van der Waals surface area contributed by atoms with Gasteiger partial charge in [-0.1, -0.05) is 23.4 Å². The summed E-state index contributed by atoms with van der Waals surface area (Å²) < 4.78 is 7.66. The van der Waals surface area contributed by atoms with Gasteiger partial charge in [-0.15, -0.1) is 0 Å². The van der Waals surface area contributed by atoms with E-state index in [0.29, 0.717) is 0 Å². The van der Waals surface area contributed by atoms with E-state index in [1.165, 1.54) is 0 Å². The molecule has 0 bridgehead atoms. The fourth-order valence-corrected chi connectivity index (χ4v) is 4.72. The highest BCUT2D eigenvalue weighted by Gasteiger charge is 2.24. The van der Waals surface area contributed by atoms with Crippen molar-refractivity contribution in [3.05, 3.63) is 114 Å². The Hall–Kier alpha value is -4.65. The number of fused-ring (bicyclic) bond motifs is 1. The van der Waals surface area contributed by atoms with Crippen LogP contribution in [0.3, 0.4) is 0 Å². The predicted octanol–water partition coefficient (Wildman–Crippen LogP) is 6.11. The number of aryl methyl sites for hydroxylation is 3. The highest BCUT2D eigenvalue weighted by atomic mass is 16.5. The molecule has 7 nitrogen and oxygen atoms in total. The highest BCUT2D eigenvalue weighted by molar-refractivity contribution is 5.95. The zero-order chi connectivity index (χ0) is 24.6. The van der Waals surface area contributed by atoms with Crippen molar-refractivity contribution in [2.75, 3.05) is 0 Å². The van der Waals surface area contributed by atoms with Gasteiger partial charge in [0.15, 0.2) is 0 Å². The summed E-state index contributed by atoms with van der Waals surface area (Å²) in [5.41, 5.74) is 9.35. The Morgan fingerprint density at radius 1 is 0.778 bits per heavy atom. The molecule has 6 aromatic rings. The van der Waals surface area contributed by atoms with E-state index in [1.54, 1.807) is 0 Å². The van der Waals surface area contributed by atoms with E-state index in [1.807, 2.05) is 88.0 Å². The smallest absolute Gasteiger partial charge is 0.141 e. The lowest BCUT2D eigenvalue weighted by Crippen LogP contribution is -2.14. The van der Waals surface area contributed by atoms with Crippen LogP contribution in [-0.4, -0.2) is 29.7 Å². The third-order valence-corrected chi connectivity index (χ3v) is 6.43. The van der Waals surface area contributed by atoms with Crippen LogP contribution < -0.4 is 0 Å². The Balaban J connectivity index is 1.66. The molecule has 0 fully saturated rings. The molecule has 7 heteroatoms.